The molecule has 20 heavy (non-hydrogen) atoms. The van der Waals surface area contributed by atoms with Crippen molar-refractivity contribution in [1.82, 2.24) is 14.9 Å². The molecule has 0 amide bonds. The number of aromatic nitrogens is 2. The van der Waals surface area contributed by atoms with Gasteiger partial charge in [0.05, 0.1) is 12.6 Å². The number of piperidine rings is 1. The highest BCUT2D eigenvalue weighted by molar-refractivity contribution is 5.35. The summed E-state index contributed by atoms with van der Waals surface area (Å²) in [5.41, 5.74) is 1.02. The molecular formula is C15H26N4O. The van der Waals surface area contributed by atoms with E-state index in [0.717, 1.165) is 56.4 Å². The summed E-state index contributed by atoms with van der Waals surface area (Å²) in [7, 11) is 1.80. The fraction of sp³-hybridized carbons (Fsp3) is 0.733. The minimum absolute atomic E-state index is 0.353. The van der Waals surface area contributed by atoms with Gasteiger partial charge in [-0.15, -0.1) is 0 Å². The van der Waals surface area contributed by atoms with Crippen molar-refractivity contribution in [3.8, 4) is 0 Å². The van der Waals surface area contributed by atoms with Gasteiger partial charge in [0.2, 0.25) is 0 Å². The van der Waals surface area contributed by atoms with Gasteiger partial charge in [-0.3, -0.25) is 4.90 Å². The van der Waals surface area contributed by atoms with Crippen molar-refractivity contribution < 1.29 is 4.74 Å². The molecule has 112 valence electrons. The fourth-order valence-corrected chi connectivity index (χ4v) is 2.59. The monoisotopic (exact) mass is 278 g/mol. The molecule has 1 atom stereocenters. The fourth-order valence-electron chi connectivity index (χ4n) is 2.59. The van der Waals surface area contributed by atoms with Crippen LogP contribution in [-0.4, -0.2) is 47.7 Å². The van der Waals surface area contributed by atoms with Crippen LogP contribution in [-0.2, 0) is 11.3 Å². The van der Waals surface area contributed by atoms with Crippen molar-refractivity contribution in [2.24, 2.45) is 0 Å². The third kappa shape index (κ3) is 4.42. The molecule has 0 spiro atoms. The molecule has 2 rings (SSSR count). The van der Waals surface area contributed by atoms with Crippen molar-refractivity contribution in [2.75, 3.05) is 32.1 Å². The maximum atomic E-state index is 5.46. The molecule has 0 saturated carbocycles. The number of anilines is 1. The van der Waals surface area contributed by atoms with Crippen LogP contribution in [0.1, 0.15) is 37.7 Å². The number of rotatable bonds is 6. The third-order valence-corrected chi connectivity index (χ3v) is 3.62. The molecule has 1 aromatic heterocycles. The van der Waals surface area contributed by atoms with Gasteiger partial charge in [0.1, 0.15) is 11.6 Å². The Balaban J connectivity index is 1.99. The van der Waals surface area contributed by atoms with Crippen molar-refractivity contribution in [2.45, 2.75) is 45.8 Å². The van der Waals surface area contributed by atoms with Gasteiger partial charge in [0.25, 0.3) is 0 Å². The quantitative estimate of drug-likeness (QED) is 0.864. The summed E-state index contributed by atoms with van der Waals surface area (Å²) in [5, 5.41) is 3.34. The lowest BCUT2D eigenvalue weighted by molar-refractivity contribution is 0.0277. The summed E-state index contributed by atoms with van der Waals surface area (Å²) in [6.07, 6.45) is 3.79. The topological polar surface area (TPSA) is 50.3 Å². The van der Waals surface area contributed by atoms with Gasteiger partial charge in [0.15, 0.2) is 0 Å². The molecule has 0 aliphatic carbocycles. The predicted octanol–water partition coefficient (Wildman–Crippen LogP) is 2.22. The van der Waals surface area contributed by atoms with Crippen LogP contribution in [0, 0.1) is 6.92 Å². The summed E-state index contributed by atoms with van der Waals surface area (Å²) < 4.78 is 5.46. The highest BCUT2D eigenvalue weighted by Gasteiger charge is 2.20. The predicted molar refractivity (Wildman–Crippen MR) is 80.9 cm³/mol. The lowest BCUT2D eigenvalue weighted by Gasteiger charge is -2.31. The molecular weight excluding hydrogens is 252 g/mol. The molecule has 5 heteroatoms. The van der Waals surface area contributed by atoms with Crippen LogP contribution in [0.4, 0.5) is 5.82 Å². The Morgan fingerprint density at radius 2 is 2.30 bits per heavy atom. The molecule has 0 aromatic carbocycles. The van der Waals surface area contributed by atoms with Crippen LogP contribution in [0.2, 0.25) is 0 Å². The molecule has 2 heterocycles. The van der Waals surface area contributed by atoms with Crippen LogP contribution in [0.3, 0.4) is 0 Å². The molecule has 1 aromatic rings. The number of nitrogens with zero attached hydrogens (tertiary/aromatic N) is 3. The number of ether oxygens (including phenoxy) is 1. The van der Waals surface area contributed by atoms with Gasteiger partial charge in [-0.25, -0.2) is 9.97 Å². The highest BCUT2D eigenvalue weighted by Crippen LogP contribution is 2.15. The minimum Gasteiger partial charge on any atom is -0.380 e. The van der Waals surface area contributed by atoms with Gasteiger partial charge >= 0.3 is 0 Å². The Morgan fingerprint density at radius 3 is 3.05 bits per heavy atom. The van der Waals surface area contributed by atoms with Gasteiger partial charge in [-0.1, -0.05) is 6.92 Å². The molecule has 1 saturated heterocycles. The number of hydrogen-bond donors (Lipinski definition) is 1. The van der Waals surface area contributed by atoms with Crippen LogP contribution in [0.15, 0.2) is 6.07 Å². The molecule has 1 N–H and O–H groups in total. The Labute approximate surface area is 121 Å². The zero-order valence-electron chi connectivity index (χ0n) is 12.9. The van der Waals surface area contributed by atoms with Crippen molar-refractivity contribution in [3.63, 3.8) is 0 Å². The van der Waals surface area contributed by atoms with E-state index in [4.69, 9.17) is 4.74 Å². The van der Waals surface area contributed by atoms with E-state index in [9.17, 15) is 0 Å². The second kappa shape index (κ2) is 7.55. The number of likely N-dealkylation sites (tertiary alicyclic amines) is 1. The molecule has 1 unspecified atom stereocenters. The van der Waals surface area contributed by atoms with E-state index in [-0.39, 0.29) is 0 Å². The van der Waals surface area contributed by atoms with Crippen molar-refractivity contribution in [3.05, 3.63) is 17.6 Å². The van der Waals surface area contributed by atoms with Crippen LogP contribution >= 0.6 is 0 Å². The van der Waals surface area contributed by atoms with Gasteiger partial charge in [-0.2, -0.15) is 0 Å². The Bertz CT molecular complexity index is 424. The maximum Gasteiger partial charge on any atom is 0.144 e. The van der Waals surface area contributed by atoms with Crippen LogP contribution < -0.4 is 5.32 Å². The van der Waals surface area contributed by atoms with E-state index >= 15 is 0 Å². The molecule has 1 fully saturated rings. The average molecular weight is 278 g/mol. The number of nitrogens with one attached hydrogen (secondary N) is 1. The number of methoxy groups -OCH3 is 1. The number of aryl methyl sites for hydroxylation is 1. The zero-order valence-corrected chi connectivity index (χ0v) is 12.9. The summed E-state index contributed by atoms with van der Waals surface area (Å²) in [6.45, 7) is 8.02. The first-order valence-corrected chi connectivity index (χ1v) is 7.55. The van der Waals surface area contributed by atoms with E-state index in [2.05, 4.69) is 27.1 Å². The third-order valence-electron chi connectivity index (χ3n) is 3.62. The van der Waals surface area contributed by atoms with E-state index in [1.165, 1.54) is 6.42 Å². The summed E-state index contributed by atoms with van der Waals surface area (Å²) >= 11 is 0. The summed E-state index contributed by atoms with van der Waals surface area (Å²) in [4.78, 5) is 11.5. The van der Waals surface area contributed by atoms with Crippen LogP contribution in [0.25, 0.3) is 0 Å². The summed E-state index contributed by atoms with van der Waals surface area (Å²) in [6, 6.07) is 2.01. The lowest BCUT2D eigenvalue weighted by atomic mass is 10.1. The SMILES string of the molecule is CCCNc1cc(C)nc(CN2CCCC(OC)C2)n1. The normalized spacial score (nSPS) is 20.1. The molecule has 1 aliphatic rings. The Hall–Kier alpha value is -1.20. The largest absolute Gasteiger partial charge is 0.380 e. The van der Waals surface area contributed by atoms with E-state index in [1.807, 2.05) is 13.0 Å². The van der Waals surface area contributed by atoms with Crippen LogP contribution in [0.5, 0.6) is 0 Å². The lowest BCUT2D eigenvalue weighted by Crippen LogP contribution is -2.39. The maximum absolute atomic E-state index is 5.46. The Morgan fingerprint density at radius 1 is 1.45 bits per heavy atom. The highest BCUT2D eigenvalue weighted by atomic mass is 16.5. The molecule has 0 radical (unpaired) electrons. The first kappa shape index (κ1) is 15.2. The molecule has 0 bridgehead atoms. The van der Waals surface area contributed by atoms with E-state index < -0.39 is 0 Å². The van der Waals surface area contributed by atoms with Crippen molar-refractivity contribution >= 4 is 5.82 Å². The number of hydrogen-bond acceptors (Lipinski definition) is 5. The average Bonchev–Trinajstić information content (AvgIpc) is 2.44. The minimum atomic E-state index is 0.353. The van der Waals surface area contributed by atoms with Crippen molar-refractivity contribution in [1.29, 1.82) is 0 Å². The second-order valence-corrected chi connectivity index (χ2v) is 5.47. The van der Waals surface area contributed by atoms with E-state index in [1.54, 1.807) is 7.11 Å². The second-order valence-electron chi connectivity index (χ2n) is 5.47. The zero-order chi connectivity index (χ0) is 14.4. The first-order valence-electron chi connectivity index (χ1n) is 7.55. The van der Waals surface area contributed by atoms with E-state index in [0.29, 0.717) is 6.10 Å². The standard InChI is InChI=1S/C15H26N4O/c1-4-7-16-14-9-12(2)17-15(18-14)11-19-8-5-6-13(10-19)20-3/h9,13H,4-8,10-11H2,1-3H3,(H,16,17,18). The van der Waals surface area contributed by atoms with Gasteiger partial charge in [-0.05, 0) is 32.7 Å². The smallest absolute Gasteiger partial charge is 0.144 e. The first-order chi connectivity index (χ1) is 9.71. The molecule has 5 nitrogen and oxygen atoms in total. The van der Waals surface area contributed by atoms with Gasteiger partial charge < -0.3 is 10.1 Å². The molecule has 1 aliphatic heterocycles. The van der Waals surface area contributed by atoms with Gasteiger partial charge in [0, 0.05) is 32.0 Å². The summed E-state index contributed by atoms with van der Waals surface area (Å²) in [5.74, 6) is 1.84. The Kier molecular flexibility index (Phi) is 5.73.